The van der Waals surface area contributed by atoms with E-state index in [9.17, 15) is 0 Å². The summed E-state index contributed by atoms with van der Waals surface area (Å²) in [6.07, 6.45) is 4.93. The number of nitrogens with two attached hydrogens (primary N) is 2. The van der Waals surface area contributed by atoms with Crippen LogP contribution in [0.2, 0.25) is 0 Å². The Morgan fingerprint density at radius 2 is 2.07 bits per heavy atom. The molecule has 74 valence electrons. The van der Waals surface area contributed by atoms with E-state index in [-0.39, 0.29) is 0 Å². The van der Waals surface area contributed by atoms with Crippen LogP contribution in [-0.2, 0) is 6.42 Å². The number of hydrogen-bond donors (Lipinski definition) is 2. The normalized spacial score (nSPS) is 15.6. The topological polar surface area (TPSA) is 64.9 Å². The second-order valence-electron chi connectivity index (χ2n) is 3.79. The molecule has 1 aliphatic carbocycles. The van der Waals surface area contributed by atoms with E-state index in [0.29, 0.717) is 0 Å². The van der Waals surface area contributed by atoms with Gasteiger partial charge in [0.25, 0.3) is 0 Å². The molecule has 0 saturated carbocycles. The summed E-state index contributed by atoms with van der Waals surface area (Å²) in [6.45, 7) is 1.97. The zero-order chi connectivity index (χ0) is 10.1. The molecule has 0 radical (unpaired) electrons. The van der Waals surface area contributed by atoms with E-state index in [0.717, 1.165) is 47.6 Å². The molecule has 0 aromatic carbocycles. The molecular formula is C11H15N3. The minimum absolute atomic E-state index is 0.789. The van der Waals surface area contributed by atoms with Crippen LogP contribution in [0.5, 0.6) is 0 Å². The molecule has 0 aliphatic heterocycles. The number of rotatable bonds is 0. The molecule has 0 spiro atoms. The van der Waals surface area contributed by atoms with Crippen molar-refractivity contribution in [2.24, 2.45) is 5.73 Å². The SMILES string of the molecule is Cc1cc(N)c2c(n1)CCCC(N)=C2. The third-order valence-corrected chi connectivity index (χ3v) is 2.51. The van der Waals surface area contributed by atoms with Gasteiger partial charge in [-0.25, -0.2) is 0 Å². The van der Waals surface area contributed by atoms with Crippen LogP contribution in [0.3, 0.4) is 0 Å². The van der Waals surface area contributed by atoms with Crippen LogP contribution in [0.1, 0.15) is 29.8 Å². The standard InChI is InChI=1S/C11H15N3/c1-7-5-10(13)9-6-8(12)3-2-4-11(9)14-7/h5-6H,2-4,12H2,1H3,(H2,13,14). The Hall–Kier alpha value is -1.51. The van der Waals surface area contributed by atoms with Crippen LogP contribution >= 0.6 is 0 Å². The van der Waals surface area contributed by atoms with E-state index in [1.54, 1.807) is 0 Å². The lowest BCUT2D eigenvalue weighted by atomic mass is 10.1. The second kappa shape index (κ2) is 3.33. The molecule has 1 heterocycles. The zero-order valence-electron chi connectivity index (χ0n) is 8.38. The molecule has 1 aromatic rings. The summed E-state index contributed by atoms with van der Waals surface area (Å²) in [7, 11) is 0. The Bertz CT molecular complexity index is 394. The van der Waals surface area contributed by atoms with Crippen LogP contribution in [-0.4, -0.2) is 4.98 Å². The lowest BCUT2D eigenvalue weighted by Crippen LogP contribution is -2.00. The van der Waals surface area contributed by atoms with Gasteiger partial charge in [0, 0.05) is 22.6 Å². The zero-order valence-corrected chi connectivity index (χ0v) is 8.38. The first-order valence-electron chi connectivity index (χ1n) is 4.89. The highest BCUT2D eigenvalue weighted by Gasteiger charge is 2.11. The van der Waals surface area contributed by atoms with Gasteiger partial charge in [-0.1, -0.05) is 0 Å². The number of aryl methyl sites for hydroxylation is 2. The highest BCUT2D eigenvalue weighted by Crippen LogP contribution is 2.24. The van der Waals surface area contributed by atoms with E-state index in [4.69, 9.17) is 11.5 Å². The van der Waals surface area contributed by atoms with Gasteiger partial charge in [-0.2, -0.15) is 0 Å². The second-order valence-corrected chi connectivity index (χ2v) is 3.79. The van der Waals surface area contributed by atoms with Crippen molar-refractivity contribution in [1.82, 2.24) is 4.98 Å². The van der Waals surface area contributed by atoms with Gasteiger partial charge >= 0.3 is 0 Å². The predicted octanol–water partition coefficient (Wildman–Crippen LogP) is 1.61. The first-order chi connectivity index (χ1) is 6.66. The summed E-state index contributed by atoms with van der Waals surface area (Å²) in [4.78, 5) is 4.49. The van der Waals surface area contributed by atoms with Crippen LogP contribution < -0.4 is 11.5 Å². The van der Waals surface area contributed by atoms with E-state index in [2.05, 4.69) is 4.98 Å². The predicted molar refractivity (Wildman–Crippen MR) is 58.5 cm³/mol. The molecule has 0 unspecified atom stereocenters. The fourth-order valence-electron chi connectivity index (χ4n) is 1.85. The molecule has 0 amide bonds. The lowest BCUT2D eigenvalue weighted by molar-refractivity contribution is 0.795. The van der Waals surface area contributed by atoms with E-state index >= 15 is 0 Å². The van der Waals surface area contributed by atoms with Gasteiger partial charge in [0.2, 0.25) is 0 Å². The number of aromatic nitrogens is 1. The maximum atomic E-state index is 5.93. The Morgan fingerprint density at radius 3 is 2.86 bits per heavy atom. The van der Waals surface area contributed by atoms with E-state index < -0.39 is 0 Å². The number of hydrogen-bond acceptors (Lipinski definition) is 3. The van der Waals surface area contributed by atoms with Gasteiger partial charge in [-0.05, 0) is 38.3 Å². The third-order valence-electron chi connectivity index (χ3n) is 2.51. The van der Waals surface area contributed by atoms with Gasteiger partial charge in [0.05, 0.1) is 5.69 Å². The van der Waals surface area contributed by atoms with Gasteiger partial charge in [-0.3, -0.25) is 4.98 Å². The van der Waals surface area contributed by atoms with Gasteiger partial charge in [0.15, 0.2) is 0 Å². The molecule has 14 heavy (non-hydrogen) atoms. The number of fused-ring (bicyclic) bond motifs is 1. The Balaban J connectivity index is 2.58. The van der Waals surface area contributed by atoms with Gasteiger partial charge in [-0.15, -0.1) is 0 Å². The number of anilines is 1. The highest BCUT2D eigenvalue weighted by atomic mass is 14.7. The summed E-state index contributed by atoms with van der Waals surface area (Å²) >= 11 is 0. The third kappa shape index (κ3) is 1.58. The fourth-order valence-corrected chi connectivity index (χ4v) is 1.85. The molecule has 3 heteroatoms. The average Bonchev–Trinajstić information content (AvgIpc) is 2.27. The van der Waals surface area contributed by atoms with Crippen LogP contribution in [0.25, 0.3) is 6.08 Å². The maximum absolute atomic E-state index is 5.93. The summed E-state index contributed by atoms with van der Waals surface area (Å²) in [5, 5.41) is 0. The Morgan fingerprint density at radius 1 is 1.29 bits per heavy atom. The van der Waals surface area contributed by atoms with E-state index in [1.807, 2.05) is 19.1 Å². The van der Waals surface area contributed by atoms with Crippen molar-refractivity contribution in [1.29, 1.82) is 0 Å². The minimum atomic E-state index is 0.789. The summed E-state index contributed by atoms with van der Waals surface area (Å²) in [6, 6.07) is 1.90. The van der Waals surface area contributed by atoms with Crippen molar-refractivity contribution in [3.8, 4) is 0 Å². The molecule has 2 rings (SSSR count). The fraction of sp³-hybridized carbons (Fsp3) is 0.364. The minimum Gasteiger partial charge on any atom is -0.402 e. The van der Waals surface area contributed by atoms with Crippen LogP contribution in [0, 0.1) is 6.92 Å². The van der Waals surface area contributed by atoms with Crippen molar-refractivity contribution in [2.45, 2.75) is 26.2 Å². The molecule has 1 aliphatic rings. The largest absolute Gasteiger partial charge is 0.402 e. The highest BCUT2D eigenvalue weighted by molar-refractivity contribution is 5.68. The summed E-state index contributed by atoms with van der Waals surface area (Å²) < 4.78 is 0. The summed E-state index contributed by atoms with van der Waals surface area (Å²) in [5.41, 5.74) is 16.5. The van der Waals surface area contributed by atoms with Crippen molar-refractivity contribution in [3.63, 3.8) is 0 Å². The van der Waals surface area contributed by atoms with Gasteiger partial charge in [0.1, 0.15) is 0 Å². The van der Waals surface area contributed by atoms with Crippen LogP contribution in [0.4, 0.5) is 5.69 Å². The number of nitrogen functional groups attached to an aromatic ring is 1. The monoisotopic (exact) mass is 189 g/mol. The van der Waals surface area contributed by atoms with Crippen molar-refractivity contribution >= 4 is 11.8 Å². The van der Waals surface area contributed by atoms with Crippen molar-refractivity contribution in [3.05, 3.63) is 28.7 Å². The quantitative estimate of drug-likeness (QED) is 0.651. The van der Waals surface area contributed by atoms with Gasteiger partial charge < -0.3 is 11.5 Å². The smallest absolute Gasteiger partial charge is 0.0500 e. The molecule has 4 N–H and O–H groups in total. The van der Waals surface area contributed by atoms with Crippen LogP contribution in [0.15, 0.2) is 11.8 Å². The molecule has 0 saturated heterocycles. The Kier molecular flexibility index (Phi) is 2.15. The average molecular weight is 189 g/mol. The molecule has 0 bridgehead atoms. The lowest BCUT2D eigenvalue weighted by Gasteiger charge is -2.07. The molecule has 3 nitrogen and oxygen atoms in total. The van der Waals surface area contributed by atoms with E-state index in [1.165, 1.54) is 0 Å². The molecule has 0 atom stereocenters. The number of allylic oxidation sites excluding steroid dienone is 1. The first-order valence-corrected chi connectivity index (χ1v) is 4.89. The molecule has 0 fully saturated rings. The first kappa shape index (κ1) is 9.06. The Labute approximate surface area is 83.8 Å². The summed E-state index contributed by atoms with van der Waals surface area (Å²) in [5.74, 6) is 0. The van der Waals surface area contributed by atoms with Crippen molar-refractivity contribution < 1.29 is 0 Å². The number of nitrogens with zero attached hydrogens (tertiary/aromatic N) is 1. The molecule has 1 aromatic heterocycles. The maximum Gasteiger partial charge on any atom is 0.0500 e. The molecular weight excluding hydrogens is 174 g/mol. The number of pyridine rings is 1. The van der Waals surface area contributed by atoms with Crippen molar-refractivity contribution in [2.75, 3.05) is 5.73 Å².